The number of nitrogens with two attached hydrogens (primary N) is 2. The van der Waals surface area contributed by atoms with Gasteiger partial charge >= 0.3 is 0 Å². The summed E-state index contributed by atoms with van der Waals surface area (Å²) in [5, 5.41) is 0. The first-order valence-corrected chi connectivity index (χ1v) is 8.79. The third-order valence-corrected chi connectivity index (χ3v) is 5.16. The van der Waals surface area contributed by atoms with Crippen LogP contribution in [0.4, 0.5) is 5.95 Å². The van der Waals surface area contributed by atoms with Crippen LogP contribution >= 0.6 is 0 Å². The minimum atomic E-state index is -0.469. The highest BCUT2D eigenvalue weighted by molar-refractivity contribution is 5.97. The third kappa shape index (κ3) is 2.62. The minimum absolute atomic E-state index is 0.124. The van der Waals surface area contributed by atoms with Gasteiger partial charge in [-0.1, -0.05) is 0 Å². The molecule has 0 saturated heterocycles. The van der Waals surface area contributed by atoms with Crippen LogP contribution in [0.5, 0.6) is 0 Å². The number of nitrogen functional groups attached to an aromatic ring is 1. The summed E-state index contributed by atoms with van der Waals surface area (Å²) in [6, 6.07) is 3.54. The molecule has 1 aliphatic rings. The van der Waals surface area contributed by atoms with Crippen LogP contribution in [0.2, 0.25) is 0 Å². The van der Waals surface area contributed by atoms with Gasteiger partial charge in [0, 0.05) is 32.0 Å². The molecule has 3 aromatic rings. The van der Waals surface area contributed by atoms with Crippen LogP contribution in [0.25, 0.3) is 11.2 Å². The molecule has 9 heteroatoms. The number of aromatic nitrogens is 4. The van der Waals surface area contributed by atoms with Crippen LogP contribution in [0.3, 0.4) is 0 Å². The summed E-state index contributed by atoms with van der Waals surface area (Å²) >= 11 is 0. The summed E-state index contributed by atoms with van der Waals surface area (Å²) in [6.07, 6.45) is 2.24. The number of nitrogens with zero attached hydrogens (tertiary/aromatic N) is 5. The maximum Gasteiger partial charge on any atom is 0.265 e. The first-order valence-electron chi connectivity index (χ1n) is 8.79. The van der Waals surface area contributed by atoms with Gasteiger partial charge in [0.1, 0.15) is 11.2 Å². The van der Waals surface area contributed by atoms with E-state index in [0.29, 0.717) is 54.4 Å². The predicted octanol–water partition coefficient (Wildman–Crippen LogP) is 0.669. The van der Waals surface area contributed by atoms with E-state index in [1.54, 1.807) is 33.3 Å². The molecule has 0 fully saturated rings. The van der Waals surface area contributed by atoms with Gasteiger partial charge in [-0.15, -0.1) is 0 Å². The zero-order valence-corrected chi connectivity index (χ0v) is 15.3. The molecule has 1 aliphatic heterocycles. The zero-order valence-electron chi connectivity index (χ0n) is 15.3. The Morgan fingerprint density at radius 1 is 1.30 bits per heavy atom. The van der Waals surface area contributed by atoms with Crippen molar-refractivity contribution in [3.05, 3.63) is 40.8 Å². The van der Waals surface area contributed by atoms with Gasteiger partial charge in [-0.2, -0.15) is 0 Å². The number of primary amides is 1. The molecule has 4 rings (SSSR count). The number of rotatable bonds is 3. The highest BCUT2D eigenvalue weighted by atomic mass is 16.2. The van der Waals surface area contributed by atoms with Gasteiger partial charge in [-0.05, 0) is 31.0 Å². The van der Waals surface area contributed by atoms with E-state index in [2.05, 4.69) is 9.97 Å². The van der Waals surface area contributed by atoms with E-state index in [4.69, 9.17) is 11.5 Å². The van der Waals surface area contributed by atoms with Crippen molar-refractivity contribution in [2.24, 2.45) is 12.8 Å². The second-order valence-electron chi connectivity index (χ2n) is 6.68. The Morgan fingerprint density at radius 2 is 2.07 bits per heavy atom. The van der Waals surface area contributed by atoms with Crippen LogP contribution in [0.1, 0.15) is 39.0 Å². The van der Waals surface area contributed by atoms with Gasteiger partial charge in [-0.25, -0.2) is 9.97 Å². The average Bonchev–Trinajstić information content (AvgIpc) is 3.16. The maximum absolute atomic E-state index is 13.0. The fraction of sp³-hybridized carbons (Fsp3) is 0.333. The summed E-state index contributed by atoms with van der Waals surface area (Å²) in [5.41, 5.74) is 15.5. The topological polar surface area (TPSA) is 125 Å². The second kappa shape index (κ2) is 6.11. The highest BCUT2D eigenvalue weighted by Crippen LogP contribution is 2.24. The van der Waals surface area contributed by atoms with E-state index < -0.39 is 5.91 Å². The predicted molar refractivity (Wildman–Crippen MR) is 100.0 cm³/mol. The number of carbonyl (C=O) groups excluding carboxylic acids is 2. The first kappa shape index (κ1) is 17.1. The number of fused-ring (bicyclic) bond motifs is 2. The number of imidazole rings is 1. The van der Waals surface area contributed by atoms with Crippen molar-refractivity contribution in [1.82, 2.24) is 24.0 Å². The summed E-state index contributed by atoms with van der Waals surface area (Å²) < 4.78 is 3.56. The SMILES string of the molecule is CCn1c(N)nc2cc(C(=O)N3CCc4cc(C(N)=O)n(C)c4C3)cnc21. The molecule has 0 unspecified atom stereocenters. The molecule has 0 aromatic carbocycles. The molecule has 0 aliphatic carbocycles. The number of anilines is 1. The number of carbonyl (C=O) groups is 2. The molecule has 4 N–H and O–H groups in total. The quantitative estimate of drug-likeness (QED) is 0.704. The van der Waals surface area contributed by atoms with E-state index in [1.807, 2.05) is 13.0 Å². The minimum Gasteiger partial charge on any atom is -0.369 e. The molecule has 0 bridgehead atoms. The number of amides is 2. The third-order valence-electron chi connectivity index (χ3n) is 5.16. The monoisotopic (exact) mass is 367 g/mol. The van der Waals surface area contributed by atoms with Gasteiger partial charge in [0.2, 0.25) is 5.95 Å². The van der Waals surface area contributed by atoms with Crippen molar-refractivity contribution >= 4 is 28.9 Å². The number of pyridine rings is 1. The van der Waals surface area contributed by atoms with Crippen LogP contribution in [-0.4, -0.2) is 42.4 Å². The second-order valence-corrected chi connectivity index (χ2v) is 6.68. The van der Waals surface area contributed by atoms with Crippen LogP contribution in [0, 0.1) is 0 Å². The summed E-state index contributed by atoms with van der Waals surface area (Å²) in [6.45, 7) is 3.61. The Kier molecular flexibility index (Phi) is 3.87. The molecule has 2 amide bonds. The molecule has 3 aromatic heterocycles. The fourth-order valence-electron chi connectivity index (χ4n) is 3.69. The van der Waals surface area contributed by atoms with Crippen LogP contribution < -0.4 is 11.5 Å². The van der Waals surface area contributed by atoms with Crippen LogP contribution in [-0.2, 0) is 26.6 Å². The van der Waals surface area contributed by atoms with Gasteiger partial charge in [0.05, 0.1) is 12.1 Å². The molecule has 0 spiro atoms. The number of aryl methyl sites for hydroxylation is 1. The molecule has 0 radical (unpaired) electrons. The lowest BCUT2D eigenvalue weighted by Crippen LogP contribution is -2.36. The Hall–Kier alpha value is -3.36. The Labute approximate surface area is 155 Å². The summed E-state index contributed by atoms with van der Waals surface area (Å²) in [5.74, 6) is -0.208. The lowest BCUT2D eigenvalue weighted by molar-refractivity contribution is 0.0730. The molecule has 4 heterocycles. The van der Waals surface area contributed by atoms with E-state index in [9.17, 15) is 9.59 Å². The lowest BCUT2D eigenvalue weighted by Gasteiger charge is -2.28. The van der Waals surface area contributed by atoms with Crippen LogP contribution in [0.15, 0.2) is 18.3 Å². The average molecular weight is 367 g/mol. The van der Waals surface area contributed by atoms with E-state index in [1.165, 1.54) is 0 Å². The van der Waals surface area contributed by atoms with E-state index >= 15 is 0 Å². The van der Waals surface area contributed by atoms with Crippen molar-refractivity contribution in [2.75, 3.05) is 12.3 Å². The Balaban J connectivity index is 1.64. The largest absolute Gasteiger partial charge is 0.369 e. The normalized spacial score (nSPS) is 13.8. The molecule has 0 atom stereocenters. The van der Waals surface area contributed by atoms with Gasteiger partial charge in [0.15, 0.2) is 5.65 Å². The molecule has 0 saturated carbocycles. The first-order chi connectivity index (χ1) is 12.9. The Bertz CT molecular complexity index is 1080. The fourth-order valence-corrected chi connectivity index (χ4v) is 3.69. The maximum atomic E-state index is 13.0. The highest BCUT2D eigenvalue weighted by Gasteiger charge is 2.27. The lowest BCUT2D eigenvalue weighted by atomic mass is 10.1. The van der Waals surface area contributed by atoms with Crippen molar-refractivity contribution in [3.63, 3.8) is 0 Å². The standard InChI is InChI=1S/C18H21N7O2/c1-3-25-16-12(22-18(25)20)6-11(8-21-16)17(27)24-5-4-10-7-13(15(19)26)23(2)14(10)9-24/h6-8H,3-5,9H2,1-2H3,(H2,19,26)(H2,20,22). The summed E-state index contributed by atoms with van der Waals surface area (Å²) in [7, 11) is 1.79. The van der Waals surface area contributed by atoms with E-state index in [0.717, 1.165) is 11.3 Å². The molecule has 9 nitrogen and oxygen atoms in total. The van der Waals surface area contributed by atoms with Gasteiger partial charge in [-0.3, -0.25) is 14.2 Å². The summed E-state index contributed by atoms with van der Waals surface area (Å²) in [4.78, 5) is 35.0. The smallest absolute Gasteiger partial charge is 0.265 e. The molecular weight excluding hydrogens is 346 g/mol. The molecule has 27 heavy (non-hydrogen) atoms. The van der Waals surface area contributed by atoms with Crippen molar-refractivity contribution in [1.29, 1.82) is 0 Å². The Morgan fingerprint density at radius 3 is 2.78 bits per heavy atom. The number of hydrogen-bond donors (Lipinski definition) is 2. The molecular formula is C18H21N7O2. The number of hydrogen-bond acceptors (Lipinski definition) is 5. The van der Waals surface area contributed by atoms with Crippen molar-refractivity contribution in [3.8, 4) is 0 Å². The van der Waals surface area contributed by atoms with Gasteiger partial charge in [0.25, 0.3) is 11.8 Å². The zero-order chi connectivity index (χ0) is 19.3. The van der Waals surface area contributed by atoms with E-state index in [-0.39, 0.29) is 5.91 Å². The molecule has 140 valence electrons. The van der Waals surface area contributed by atoms with Crippen molar-refractivity contribution < 1.29 is 9.59 Å². The van der Waals surface area contributed by atoms with Gasteiger partial charge < -0.3 is 20.9 Å². The van der Waals surface area contributed by atoms with Crippen molar-refractivity contribution in [2.45, 2.75) is 26.4 Å².